The zero-order valence-corrected chi connectivity index (χ0v) is 12.9. The first-order valence-corrected chi connectivity index (χ1v) is 7.32. The molecule has 3 heteroatoms. The lowest BCUT2D eigenvalue weighted by Crippen LogP contribution is -2.49. The number of aromatic nitrogens is 1. The minimum Gasteiger partial charge on any atom is -0.354 e. The van der Waals surface area contributed by atoms with Crippen molar-refractivity contribution in [3.63, 3.8) is 0 Å². The number of piperazine rings is 1. The molecular formula is C16H27N3. The Labute approximate surface area is 117 Å². The SMILES string of the molecule is C[C@H](c1ccc(N2CCN[C@@H](C)C2)nc1)C(C)(C)C. The third-order valence-corrected chi connectivity index (χ3v) is 4.26. The second-order valence-corrected chi connectivity index (χ2v) is 6.84. The van der Waals surface area contributed by atoms with Gasteiger partial charge in [0.15, 0.2) is 0 Å². The fourth-order valence-corrected chi connectivity index (χ4v) is 2.48. The van der Waals surface area contributed by atoms with Gasteiger partial charge >= 0.3 is 0 Å². The summed E-state index contributed by atoms with van der Waals surface area (Å²) in [5.74, 6) is 1.63. The molecule has 2 heterocycles. The standard InChI is InChI=1S/C16H27N3/c1-12-11-19(9-8-17-12)15-7-6-14(10-18-15)13(2)16(3,4)5/h6-7,10,12-13,17H,8-9,11H2,1-5H3/t12-,13+/m0/s1. The van der Waals surface area contributed by atoms with Crippen molar-refractivity contribution in [2.45, 2.75) is 46.6 Å². The number of anilines is 1. The topological polar surface area (TPSA) is 28.2 Å². The van der Waals surface area contributed by atoms with Crippen LogP contribution in [0.5, 0.6) is 0 Å². The Balaban J connectivity index is 2.10. The van der Waals surface area contributed by atoms with E-state index in [-0.39, 0.29) is 5.41 Å². The first kappa shape index (κ1) is 14.3. The van der Waals surface area contributed by atoms with Crippen LogP contribution in [0.25, 0.3) is 0 Å². The molecule has 1 aromatic heterocycles. The van der Waals surface area contributed by atoms with Crippen molar-refractivity contribution in [3.05, 3.63) is 23.9 Å². The van der Waals surface area contributed by atoms with Gasteiger partial charge in [-0.05, 0) is 29.9 Å². The van der Waals surface area contributed by atoms with Crippen LogP contribution in [0, 0.1) is 5.41 Å². The second-order valence-electron chi connectivity index (χ2n) is 6.84. The molecule has 0 aliphatic carbocycles. The molecule has 0 bridgehead atoms. The minimum absolute atomic E-state index is 0.284. The summed E-state index contributed by atoms with van der Waals surface area (Å²) in [4.78, 5) is 7.04. The summed E-state index contributed by atoms with van der Waals surface area (Å²) in [7, 11) is 0. The molecule has 1 aliphatic heterocycles. The maximum Gasteiger partial charge on any atom is 0.128 e. The molecule has 1 aromatic rings. The van der Waals surface area contributed by atoms with Crippen LogP contribution in [0.15, 0.2) is 18.3 Å². The van der Waals surface area contributed by atoms with E-state index in [0.29, 0.717) is 12.0 Å². The molecule has 1 saturated heterocycles. The largest absolute Gasteiger partial charge is 0.354 e. The summed E-state index contributed by atoms with van der Waals surface area (Å²) in [5, 5.41) is 3.46. The molecule has 2 atom stereocenters. The molecule has 1 aliphatic rings. The lowest BCUT2D eigenvalue weighted by atomic mass is 9.78. The highest BCUT2D eigenvalue weighted by Crippen LogP contribution is 2.34. The van der Waals surface area contributed by atoms with Gasteiger partial charge in [-0.2, -0.15) is 0 Å². The van der Waals surface area contributed by atoms with Crippen molar-refractivity contribution in [1.82, 2.24) is 10.3 Å². The molecular weight excluding hydrogens is 234 g/mol. The Morgan fingerprint density at radius 2 is 2.11 bits per heavy atom. The maximum atomic E-state index is 4.67. The molecule has 106 valence electrons. The highest BCUT2D eigenvalue weighted by molar-refractivity contribution is 5.41. The normalized spacial score (nSPS) is 22.4. The lowest BCUT2D eigenvalue weighted by Gasteiger charge is -2.33. The van der Waals surface area contributed by atoms with E-state index in [4.69, 9.17) is 0 Å². The van der Waals surface area contributed by atoms with Gasteiger partial charge in [0.25, 0.3) is 0 Å². The van der Waals surface area contributed by atoms with E-state index in [1.165, 1.54) is 5.56 Å². The Morgan fingerprint density at radius 1 is 1.37 bits per heavy atom. The fourth-order valence-electron chi connectivity index (χ4n) is 2.48. The molecule has 0 radical (unpaired) electrons. The second kappa shape index (κ2) is 5.49. The molecule has 0 amide bonds. The molecule has 19 heavy (non-hydrogen) atoms. The summed E-state index contributed by atoms with van der Waals surface area (Å²) >= 11 is 0. The van der Waals surface area contributed by atoms with Crippen LogP contribution >= 0.6 is 0 Å². The third kappa shape index (κ3) is 3.47. The zero-order chi connectivity index (χ0) is 14.0. The van der Waals surface area contributed by atoms with Gasteiger partial charge in [-0.15, -0.1) is 0 Å². The molecule has 0 saturated carbocycles. The predicted octanol–water partition coefficient (Wildman–Crippen LogP) is 3.03. The van der Waals surface area contributed by atoms with Crippen molar-refractivity contribution >= 4 is 5.82 Å². The smallest absolute Gasteiger partial charge is 0.128 e. The summed E-state index contributed by atoms with van der Waals surface area (Å²) in [6.45, 7) is 14.5. The summed E-state index contributed by atoms with van der Waals surface area (Å²) in [6, 6.07) is 4.96. The quantitative estimate of drug-likeness (QED) is 0.887. The van der Waals surface area contributed by atoms with Crippen molar-refractivity contribution in [3.8, 4) is 0 Å². The fraction of sp³-hybridized carbons (Fsp3) is 0.688. The zero-order valence-electron chi connectivity index (χ0n) is 12.9. The van der Waals surface area contributed by atoms with E-state index in [0.717, 1.165) is 25.5 Å². The van der Waals surface area contributed by atoms with Gasteiger partial charge in [0, 0.05) is 31.9 Å². The van der Waals surface area contributed by atoms with Crippen LogP contribution < -0.4 is 10.2 Å². The van der Waals surface area contributed by atoms with E-state index in [9.17, 15) is 0 Å². The Kier molecular flexibility index (Phi) is 4.14. The van der Waals surface area contributed by atoms with E-state index in [1.807, 2.05) is 0 Å². The summed E-state index contributed by atoms with van der Waals surface area (Å²) in [6.07, 6.45) is 2.05. The molecule has 1 fully saturated rings. The van der Waals surface area contributed by atoms with Gasteiger partial charge in [0.1, 0.15) is 5.82 Å². The third-order valence-electron chi connectivity index (χ3n) is 4.26. The predicted molar refractivity (Wildman–Crippen MR) is 81.8 cm³/mol. The van der Waals surface area contributed by atoms with Crippen LogP contribution in [-0.2, 0) is 0 Å². The Bertz CT molecular complexity index is 405. The molecule has 0 unspecified atom stereocenters. The van der Waals surface area contributed by atoms with Crippen LogP contribution in [0.3, 0.4) is 0 Å². The van der Waals surface area contributed by atoms with E-state index < -0.39 is 0 Å². The van der Waals surface area contributed by atoms with Crippen molar-refractivity contribution in [1.29, 1.82) is 0 Å². The highest BCUT2D eigenvalue weighted by Gasteiger charge is 2.22. The van der Waals surface area contributed by atoms with Gasteiger partial charge in [0.05, 0.1) is 0 Å². The monoisotopic (exact) mass is 261 g/mol. The van der Waals surface area contributed by atoms with Crippen LogP contribution in [-0.4, -0.2) is 30.7 Å². The van der Waals surface area contributed by atoms with Gasteiger partial charge in [-0.25, -0.2) is 4.98 Å². The number of hydrogen-bond donors (Lipinski definition) is 1. The maximum absolute atomic E-state index is 4.67. The highest BCUT2D eigenvalue weighted by atomic mass is 15.2. The van der Waals surface area contributed by atoms with Crippen molar-refractivity contribution in [2.75, 3.05) is 24.5 Å². The Morgan fingerprint density at radius 3 is 2.63 bits per heavy atom. The van der Waals surface area contributed by atoms with Gasteiger partial charge in [-0.1, -0.05) is 33.8 Å². The van der Waals surface area contributed by atoms with Gasteiger partial charge in [-0.3, -0.25) is 0 Å². The number of pyridine rings is 1. The van der Waals surface area contributed by atoms with E-state index in [2.05, 4.69) is 68.1 Å². The summed E-state index contributed by atoms with van der Waals surface area (Å²) < 4.78 is 0. The first-order valence-electron chi connectivity index (χ1n) is 7.32. The van der Waals surface area contributed by atoms with Gasteiger partial charge in [0.2, 0.25) is 0 Å². The number of rotatable bonds is 2. The molecule has 0 spiro atoms. The van der Waals surface area contributed by atoms with Crippen molar-refractivity contribution in [2.24, 2.45) is 5.41 Å². The summed E-state index contributed by atoms with van der Waals surface area (Å²) in [5.41, 5.74) is 1.62. The molecule has 3 nitrogen and oxygen atoms in total. The molecule has 2 rings (SSSR count). The first-order chi connectivity index (χ1) is 8.88. The number of nitrogens with one attached hydrogen (secondary N) is 1. The average molecular weight is 261 g/mol. The average Bonchev–Trinajstić information content (AvgIpc) is 2.37. The number of hydrogen-bond acceptors (Lipinski definition) is 3. The van der Waals surface area contributed by atoms with E-state index >= 15 is 0 Å². The Hall–Kier alpha value is -1.09. The minimum atomic E-state index is 0.284. The van der Waals surface area contributed by atoms with E-state index in [1.54, 1.807) is 0 Å². The van der Waals surface area contributed by atoms with Crippen LogP contribution in [0.1, 0.15) is 46.1 Å². The van der Waals surface area contributed by atoms with Crippen LogP contribution in [0.4, 0.5) is 5.82 Å². The van der Waals surface area contributed by atoms with Crippen LogP contribution in [0.2, 0.25) is 0 Å². The van der Waals surface area contributed by atoms with Crippen molar-refractivity contribution < 1.29 is 0 Å². The molecule has 1 N–H and O–H groups in total. The molecule has 0 aromatic carbocycles. The number of nitrogens with zero attached hydrogens (tertiary/aromatic N) is 2. The van der Waals surface area contributed by atoms with Gasteiger partial charge < -0.3 is 10.2 Å². The lowest BCUT2D eigenvalue weighted by molar-refractivity contribution is 0.339.